The number of carbonyl (C=O) groups excluding carboxylic acids is 1. The third-order valence-corrected chi connectivity index (χ3v) is 7.38. The fourth-order valence-corrected chi connectivity index (χ4v) is 6.45. The van der Waals surface area contributed by atoms with Gasteiger partial charge in [-0.15, -0.1) is 0 Å². The van der Waals surface area contributed by atoms with Crippen LogP contribution in [0.2, 0.25) is 0 Å². The van der Waals surface area contributed by atoms with Crippen molar-refractivity contribution in [3.8, 4) is 0 Å². The van der Waals surface area contributed by atoms with E-state index in [0.717, 1.165) is 50.1 Å². The van der Waals surface area contributed by atoms with E-state index in [4.69, 9.17) is 0 Å². The number of carbonyl (C=O) groups is 1. The highest BCUT2D eigenvalue weighted by atomic mass is 79.9. The molecule has 5 aliphatic rings. The fourth-order valence-electron chi connectivity index (χ4n) is 6.04. The van der Waals surface area contributed by atoms with Gasteiger partial charge >= 0.3 is 0 Å². The molecule has 1 saturated heterocycles. The number of halogens is 1. The molecule has 0 atom stereocenters. The molecule has 3 heteroatoms. The largest absolute Gasteiger partial charge is 0.343 e. The molecule has 2 nitrogen and oxygen atoms in total. The maximum absolute atomic E-state index is 12.7. The van der Waals surface area contributed by atoms with Gasteiger partial charge in [0.2, 0.25) is 5.91 Å². The van der Waals surface area contributed by atoms with E-state index in [0.29, 0.717) is 16.1 Å². The van der Waals surface area contributed by atoms with Crippen LogP contribution < -0.4 is 0 Å². The number of amides is 1. The molecule has 4 aliphatic carbocycles. The summed E-state index contributed by atoms with van der Waals surface area (Å²) >= 11 is 3.68. The number of nitrogens with zero attached hydrogens (tertiary/aromatic N) is 1. The highest BCUT2D eigenvalue weighted by molar-refractivity contribution is 9.09. The zero-order chi connectivity index (χ0) is 13.7. The first kappa shape index (κ1) is 13.6. The standard InChI is InChI=1S/C17H26BrNO/c18-15-1-3-19(4-2-15)16(20)11-17-8-12-5-13(9-17)7-14(6-12)10-17/h12-15H,1-11H2. The van der Waals surface area contributed by atoms with E-state index in [1.165, 1.54) is 38.5 Å². The van der Waals surface area contributed by atoms with Crippen LogP contribution in [0, 0.1) is 23.2 Å². The van der Waals surface area contributed by atoms with Crippen molar-refractivity contribution in [3.63, 3.8) is 0 Å². The lowest BCUT2D eigenvalue weighted by Gasteiger charge is -2.57. The van der Waals surface area contributed by atoms with Crippen molar-refractivity contribution >= 4 is 21.8 Å². The second kappa shape index (κ2) is 5.00. The van der Waals surface area contributed by atoms with Gasteiger partial charge < -0.3 is 4.90 Å². The summed E-state index contributed by atoms with van der Waals surface area (Å²) in [4.78, 5) is 15.5. The average molecular weight is 340 g/mol. The third-order valence-electron chi connectivity index (χ3n) is 6.47. The molecule has 0 spiro atoms. The van der Waals surface area contributed by atoms with Gasteiger partial charge in [-0.25, -0.2) is 0 Å². The van der Waals surface area contributed by atoms with Crippen LogP contribution in [0.1, 0.15) is 57.8 Å². The number of alkyl halides is 1. The zero-order valence-corrected chi connectivity index (χ0v) is 13.9. The molecule has 5 rings (SSSR count). The van der Waals surface area contributed by atoms with Crippen LogP contribution in [0.5, 0.6) is 0 Å². The molecule has 0 radical (unpaired) electrons. The Morgan fingerprint density at radius 1 is 1.00 bits per heavy atom. The molecule has 20 heavy (non-hydrogen) atoms. The van der Waals surface area contributed by atoms with Gasteiger partial charge in [-0.2, -0.15) is 0 Å². The molecule has 4 bridgehead atoms. The zero-order valence-electron chi connectivity index (χ0n) is 12.3. The van der Waals surface area contributed by atoms with E-state index in [-0.39, 0.29) is 0 Å². The summed E-state index contributed by atoms with van der Waals surface area (Å²) in [6.45, 7) is 1.95. The van der Waals surface area contributed by atoms with Crippen molar-refractivity contribution in [2.24, 2.45) is 23.2 Å². The predicted molar refractivity (Wildman–Crippen MR) is 83.8 cm³/mol. The summed E-state index contributed by atoms with van der Waals surface area (Å²) in [7, 11) is 0. The molecule has 112 valence electrons. The quantitative estimate of drug-likeness (QED) is 0.697. The van der Waals surface area contributed by atoms with Crippen molar-refractivity contribution in [1.82, 2.24) is 4.90 Å². The van der Waals surface area contributed by atoms with Crippen LogP contribution in [0.25, 0.3) is 0 Å². The normalized spacial score (nSPS) is 44.0. The second-order valence-electron chi connectivity index (χ2n) is 8.15. The summed E-state index contributed by atoms with van der Waals surface area (Å²) in [5, 5.41) is 0. The van der Waals surface area contributed by atoms with Gasteiger partial charge in [0.05, 0.1) is 0 Å². The van der Waals surface area contributed by atoms with Crippen molar-refractivity contribution < 1.29 is 4.79 Å². The van der Waals surface area contributed by atoms with Crippen LogP contribution in [0.3, 0.4) is 0 Å². The van der Waals surface area contributed by atoms with E-state index in [1.807, 2.05) is 0 Å². The van der Waals surface area contributed by atoms with Crippen LogP contribution in [-0.4, -0.2) is 28.7 Å². The second-order valence-corrected chi connectivity index (χ2v) is 9.44. The van der Waals surface area contributed by atoms with Crippen LogP contribution >= 0.6 is 15.9 Å². The van der Waals surface area contributed by atoms with E-state index in [2.05, 4.69) is 20.8 Å². The number of hydrogen-bond donors (Lipinski definition) is 0. The van der Waals surface area contributed by atoms with E-state index in [9.17, 15) is 4.79 Å². The van der Waals surface area contributed by atoms with Crippen LogP contribution in [0.15, 0.2) is 0 Å². The third kappa shape index (κ3) is 2.44. The molecule has 1 heterocycles. The summed E-state index contributed by atoms with van der Waals surface area (Å²) in [6, 6.07) is 0. The lowest BCUT2D eigenvalue weighted by atomic mass is 9.49. The Bertz CT molecular complexity index is 365. The van der Waals surface area contributed by atoms with Gasteiger partial charge in [0.25, 0.3) is 0 Å². The summed E-state index contributed by atoms with van der Waals surface area (Å²) in [6.07, 6.45) is 11.6. The van der Waals surface area contributed by atoms with Crippen LogP contribution in [-0.2, 0) is 4.79 Å². The molecule has 4 saturated carbocycles. The van der Waals surface area contributed by atoms with E-state index >= 15 is 0 Å². The molecule has 1 amide bonds. The molecule has 1 aliphatic heterocycles. The predicted octanol–water partition coefficient (Wildman–Crippen LogP) is 3.98. The van der Waals surface area contributed by atoms with Crippen LogP contribution in [0.4, 0.5) is 0 Å². The monoisotopic (exact) mass is 339 g/mol. The van der Waals surface area contributed by atoms with Crippen molar-refractivity contribution in [2.45, 2.75) is 62.6 Å². The van der Waals surface area contributed by atoms with Gasteiger partial charge in [-0.1, -0.05) is 15.9 Å². The van der Waals surface area contributed by atoms with Gasteiger partial charge in [0.15, 0.2) is 0 Å². The first-order chi connectivity index (χ1) is 9.62. The number of hydrogen-bond acceptors (Lipinski definition) is 1. The summed E-state index contributed by atoms with van der Waals surface area (Å²) in [5.41, 5.74) is 0.414. The molecule has 0 aromatic carbocycles. The van der Waals surface area contributed by atoms with Crippen molar-refractivity contribution in [1.29, 1.82) is 0 Å². The van der Waals surface area contributed by atoms with Gasteiger partial charge in [0, 0.05) is 24.3 Å². The minimum absolute atomic E-state index is 0.414. The lowest BCUT2D eigenvalue weighted by molar-refractivity contribution is -0.140. The van der Waals surface area contributed by atoms with Gasteiger partial charge in [-0.05, 0) is 74.5 Å². The maximum Gasteiger partial charge on any atom is 0.223 e. The Hall–Kier alpha value is -0.0500. The summed E-state index contributed by atoms with van der Waals surface area (Å²) < 4.78 is 0. The fraction of sp³-hybridized carbons (Fsp3) is 0.941. The number of piperidine rings is 1. The van der Waals surface area contributed by atoms with E-state index in [1.54, 1.807) is 0 Å². The minimum Gasteiger partial charge on any atom is -0.343 e. The molecular weight excluding hydrogens is 314 g/mol. The van der Waals surface area contributed by atoms with Crippen molar-refractivity contribution in [3.05, 3.63) is 0 Å². The van der Waals surface area contributed by atoms with Gasteiger partial charge in [0.1, 0.15) is 0 Å². The molecular formula is C17H26BrNO. The van der Waals surface area contributed by atoms with Gasteiger partial charge in [-0.3, -0.25) is 4.79 Å². The van der Waals surface area contributed by atoms with Crippen molar-refractivity contribution in [2.75, 3.05) is 13.1 Å². The summed E-state index contributed by atoms with van der Waals surface area (Å²) in [5.74, 6) is 3.35. The molecule has 0 aromatic heterocycles. The highest BCUT2D eigenvalue weighted by Gasteiger charge is 2.51. The molecule has 0 unspecified atom stereocenters. The van der Waals surface area contributed by atoms with E-state index < -0.39 is 0 Å². The first-order valence-electron chi connectivity index (χ1n) is 8.54. The average Bonchev–Trinajstić information content (AvgIpc) is 2.37. The maximum atomic E-state index is 12.7. The Morgan fingerprint density at radius 2 is 1.50 bits per heavy atom. The highest BCUT2D eigenvalue weighted by Crippen LogP contribution is 2.61. The minimum atomic E-state index is 0.414. The Morgan fingerprint density at radius 3 is 2.00 bits per heavy atom. The molecule has 5 fully saturated rings. The number of likely N-dealkylation sites (tertiary alicyclic amines) is 1. The Kier molecular flexibility index (Phi) is 3.40. The molecule has 0 N–H and O–H groups in total. The SMILES string of the molecule is O=C(CC12CC3CC(CC(C3)C1)C2)N1CCC(Br)CC1. The molecule has 0 aromatic rings. The Balaban J connectivity index is 1.42. The lowest BCUT2D eigenvalue weighted by Crippen LogP contribution is -2.49. The first-order valence-corrected chi connectivity index (χ1v) is 9.45. The number of rotatable bonds is 2. The topological polar surface area (TPSA) is 20.3 Å². The smallest absolute Gasteiger partial charge is 0.223 e. The Labute approximate surface area is 130 Å².